The third kappa shape index (κ3) is 5.13. The number of nitrogens with one attached hydrogen (secondary N) is 2. The maximum absolute atomic E-state index is 13.9. The highest BCUT2D eigenvalue weighted by Crippen LogP contribution is 2.33. The van der Waals surface area contributed by atoms with Gasteiger partial charge in [-0.1, -0.05) is 0 Å². The van der Waals surface area contributed by atoms with Gasteiger partial charge in [-0.25, -0.2) is 22.6 Å². The van der Waals surface area contributed by atoms with Gasteiger partial charge in [-0.15, -0.1) is 15.3 Å². The fraction of sp³-hybridized carbons (Fsp3) is 0.263. The van der Waals surface area contributed by atoms with E-state index in [9.17, 15) is 35.9 Å². The van der Waals surface area contributed by atoms with Gasteiger partial charge in [0, 0.05) is 19.3 Å². The molecule has 4 heterocycles. The average molecular weight is 517 g/mol. The van der Waals surface area contributed by atoms with Crippen molar-refractivity contribution in [2.75, 3.05) is 6.61 Å². The Hall–Kier alpha value is -4.44. The Kier molecular flexibility index (Phi) is 6.38. The Morgan fingerprint density at radius 3 is 2.58 bits per heavy atom. The molecule has 0 aliphatic heterocycles. The number of fused-ring (bicyclic) bond motifs is 1. The molecule has 4 aromatic rings. The lowest BCUT2D eigenvalue weighted by Gasteiger charge is -2.18. The first-order valence-corrected chi connectivity index (χ1v) is 9.75. The molecule has 0 saturated carbocycles. The van der Waals surface area contributed by atoms with Gasteiger partial charge in [-0.05, 0) is 6.07 Å². The zero-order valence-electron chi connectivity index (χ0n) is 17.8. The van der Waals surface area contributed by atoms with Crippen molar-refractivity contribution >= 4 is 11.0 Å². The number of aromatic nitrogens is 7. The molecule has 17 heteroatoms. The van der Waals surface area contributed by atoms with Gasteiger partial charge >= 0.3 is 11.9 Å². The van der Waals surface area contributed by atoms with Crippen LogP contribution in [-0.2, 0) is 7.05 Å². The van der Waals surface area contributed by atoms with Crippen LogP contribution in [0.3, 0.4) is 0 Å². The Labute approximate surface area is 194 Å². The summed E-state index contributed by atoms with van der Waals surface area (Å²) in [5.41, 5.74) is -2.31. The molecular formula is C19H13F6N7O4. The van der Waals surface area contributed by atoms with E-state index < -0.39 is 59.7 Å². The van der Waals surface area contributed by atoms with Gasteiger partial charge in [0.05, 0.1) is 22.8 Å². The SMILES string of the molecule is Cn1nc(O[C@H](c2cc(OCC(F)(F)F)c(F)cn2)C(F)F)c2cc(-c3c[nH]c(=O)[nH]c3=O)nnc21. The number of pyridine rings is 1. The van der Waals surface area contributed by atoms with Crippen LogP contribution in [0.15, 0.2) is 34.1 Å². The summed E-state index contributed by atoms with van der Waals surface area (Å²) in [6, 6.07) is 1.81. The normalized spacial score (nSPS) is 12.8. The molecule has 0 saturated heterocycles. The lowest BCUT2D eigenvalue weighted by molar-refractivity contribution is -0.153. The molecule has 0 aromatic carbocycles. The first-order chi connectivity index (χ1) is 16.9. The van der Waals surface area contributed by atoms with Crippen LogP contribution in [0, 0.1) is 5.82 Å². The number of halogens is 6. The Bertz CT molecular complexity index is 1530. The molecule has 0 unspecified atom stereocenters. The van der Waals surface area contributed by atoms with Crippen molar-refractivity contribution in [1.82, 2.24) is 34.9 Å². The molecule has 4 aromatic heterocycles. The largest absolute Gasteiger partial charge is 0.481 e. The maximum Gasteiger partial charge on any atom is 0.422 e. The minimum atomic E-state index is -4.80. The fourth-order valence-electron chi connectivity index (χ4n) is 3.06. The minimum absolute atomic E-state index is 0.0226. The molecular weight excluding hydrogens is 504 g/mol. The number of aromatic amines is 2. The molecule has 0 amide bonds. The van der Waals surface area contributed by atoms with Crippen molar-refractivity contribution in [3.05, 3.63) is 56.9 Å². The van der Waals surface area contributed by atoms with E-state index in [-0.39, 0.29) is 22.3 Å². The summed E-state index contributed by atoms with van der Waals surface area (Å²) in [4.78, 5) is 31.1. The summed E-state index contributed by atoms with van der Waals surface area (Å²) in [6.45, 7) is -1.86. The monoisotopic (exact) mass is 517 g/mol. The predicted molar refractivity (Wildman–Crippen MR) is 108 cm³/mol. The minimum Gasteiger partial charge on any atom is -0.481 e. The van der Waals surface area contributed by atoms with Crippen LogP contribution in [0.2, 0.25) is 0 Å². The van der Waals surface area contributed by atoms with Crippen LogP contribution < -0.4 is 20.7 Å². The zero-order chi connectivity index (χ0) is 26.2. The van der Waals surface area contributed by atoms with Crippen LogP contribution >= 0.6 is 0 Å². The molecule has 0 aliphatic rings. The molecule has 0 spiro atoms. The van der Waals surface area contributed by atoms with Crippen molar-refractivity contribution in [2.24, 2.45) is 7.05 Å². The van der Waals surface area contributed by atoms with Crippen LogP contribution in [0.4, 0.5) is 26.3 Å². The molecule has 0 radical (unpaired) electrons. The predicted octanol–water partition coefficient (Wildman–Crippen LogP) is 2.27. The third-order valence-corrected chi connectivity index (χ3v) is 4.64. The summed E-state index contributed by atoms with van der Waals surface area (Å²) in [5, 5.41) is 11.7. The average Bonchev–Trinajstić information content (AvgIpc) is 3.11. The quantitative estimate of drug-likeness (QED) is 0.356. The van der Waals surface area contributed by atoms with Gasteiger partial charge in [-0.3, -0.25) is 14.8 Å². The zero-order valence-corrected chi connectivity index (χ0v) is 17.8. The molecule has 11 nitrogen and oxygen atoms in total. The van der Waals surface area contributed by atoms with E-state index in [4.69, 9.17) is 4.74 Å². The van der Waals surface area contributed by atoms with Crippen LogP contribution in [-0.4, -0.2) is 54.1 Å². The molecule has 1 atom stereocenters. The highest BCUT2D eigenvalue weighted by atomic mass is 19.4. The fourth-order valence-corrected chi connectivity index (χ4v) is 3.06. The standard InChI is InChI=1S/C19H13F6N7O4/c1-32-15-7(2-10(29-30-15)8-4-27-18(34)28-16(8)33)17(31-32)36-13(14(21)22)11-3-12(9(20)5-26-11)35-6-19(23,24)25/h2-5,13-14H,6H2,1H3,(H2,27,28,33,34)/t13-/m1/s1. The molecule has 0 aliphatic carbocycles. The second-order valence-electron chi connectivity index (χ2n) is 7.20. The van der Waals surface area contributed by atoms with Gasteiger partial charge in [-0.2, -0.15) is 13.2 Å². The number of H-pyrrole nitrogens is 2. The lowest BCUT2D eigenvalue weighted by atomic mass is 10.2. The van der Waals surface area contributed by atoms with E-state index in [0.717, 1.165) is 10.9 Å². The third-order valence-electron chi connectivity index (χ3n) is 4.64. The van der Waals surface area contributed by atoms with Crippen LogP contribution in [0.1, 0.15) is 11.8 Å². The lowest BCUT2D eigenvalue weighted by Crippen LogP contribution is -2.22. The second-order valence-corrected chi connectivity index (χ2v) is 7.20. The van der Waals surface area contributed by atoms with Gasteiger partial charge < -0.3 is 14.5 Å². The highest BCUT2D eigenvalue weighted by molar-refractivity contribution is 5.84. The number of alkyl halides is 5. The van der Waals surface area contributed by atoms with Crippen LogP contribution in [0.25, 0.3) is 22.3 Å². The molecule has 36 heavy (non-hydrogen) atoms. The maximum atomic E-state index is 13.9. The number of hydrogen-bond acceptors (Lipinski definition) is 8. The summed E-state index contributed by atoms with van der Waals surface area (Å²) in [6.07, 6.45) is -8.80. The van der Waals surface area contributed by atoms with E-state index in [1.54, 1.807) is 0 Å². The number of hydrogen-bond donors (Lipinski definition) is 2. The summed E-state index contributed by atoms with van der Waals surface area (Å²) in [7, 11) is 1.40. The number of ether oxygens (including phenoxy) is 2. The van der Waals surface area contributed by atoms with Crippen molar-refractivity contribution in [1.29, 1.82) is 0 Å². The Morgan fingerprint density at radius 1 is 1.17 bits per heavy atom. The number of nitrogens with zero attached hydrogens (tertiary/aromatic N) is 5. The first-order valence-electron chi connectivity index (χ1n) is 9.75. The van der Waals surface area contributed by atoms with Crippen molar-refractivity contribution in [2.45, 2.75) is 18.7 Å². The van der Waals surface area contributed by atoms with E-state index in [1.807, 2.05) is 4.98 Å². The van der Waals surface area contributed by atoms with E-state index in [2.05, 4.69) is 30.0 Å². The van der Waals surface area contributed by atoms with Gasteiger partial charge in [0.2, 0.25) is 12.0 Å². The number of aryl methyl sites for hydroxylation is 1. The number of rotatable bonds is 7. The molecule has 2 N–H and O–H groups in total. The molecule has 4 rings (SSSR count). The smallest absolute Gasteiger partial charge is 0.422 e. The van der Waals surface area contributed by atoms with Gasteiger partial charge in [0.25, 0.3) is 12.0 Å². The van der Waals surface area contributed by atoms with Crippen molar-refractivity contribution in [3.63, 3.8) is 0 Å². The summed E-state index contributed by atoms with van der Waals surface area (Å²) >= 11 is 0. The molecule has 190 valence electrons. The van der Waals surface area contributed by atoms with Gasteiger partial charge in [0.15, 0.2) is 23.8 Å². The van der Waals surface area contributed by atoms with Crippen LogP contribution in [0.5, 0.6) is 11.6 Å². The van der Waals surface area contributed by atoms with E-state index >= 15 is 0 Å². The van der Waals surface area contributed by atoms with Crippen molar-refractivity contribution in [3.8, 4) is 22.9 Å². The van der Waals surface area contributed by atoms with E-state index in [0.29, 0.717) is 12.3 Å². The van der Waals surface area contributed by atoms with E-state index in [1.165, 1.54) is 13.1 Å². The topological polar surface area (TPSA) is 141 Å². The Balaban J connectivity index is 1.72. The molecule has 0 bridgehead atoms. The van der Waals surface area contributed by atoms with Gasteiger partial charge in [0.1, 0.15) is 5.69 Å². The Morgan fingerprint density at radius 2 is 1.92 bits per heavy atom. The highest BCUT2D eigenvalue weighted by Gasteiger charge is 2.32. The van der Waals surface area contributed by atoms with Crippen molar-refractivity contribution < 1.29 is 35.8 Å². The first kappa shape index (κ1) is 24.7. The second kappa shape index (κ2) is 9.31. The summed E-state index contributed by atoms with van der Waals surface area (Å²) in [5.74, 6) is -2.67. The summed E-state index contributed by atoms with van der Waals surface area (Å²) < 4.78 is 89.7. The molecule has 0 fully saturated rings.